The Bertz CT molecular complexity index is 308. The van der Waals surface area contributed by atoms with Crippen LogP contribution < -0.4 is 5.32 Å². The largest absolute Gasteiger partial charge is 0.337 e. The van der Waals surface area contributed by atoms with Gasteiger partial charge in [0.25, 0.3) is 0 Å². The van der Waals surface area contributed by atoms with Crippen LogP contribution >= 0.6 is 0 Å². The Hall–Kier alpha value is -0.870. The molecule has 0 fully saturated rings. The SMILES string of the molecule is CCCNC(C)CCN(C)Cc1nccn1C. The summed E-state index contributed by atoms with van der Waals surface area (Å²) in [5, 5.41) is 3.51. The Morgan fingerprint density at radius 1 is 1.53 bits per heavy atom. The van der Waals surface area contributed by atoms with Gasteiger partial charge in [0.15, 0.2) is 0 Å². The molecule has 0 spiro atoms. The van der Waals surface area contributed by atoms with Crippen LogP contribution in [0.4, 0.5) is 0 Å². The van der Waals surface area contributed by atoms with Crippen molar-refractivity contribution in [2.24, 2.45) is 7.05 Å². The molecule has 0 amide bonds. The second-order valence-corrected chi connectivity index (χ2v) is 4.84. The summed E-state index contributed by atoms with van der Waals surface area (Å²) in [6.07, 6.45) is 6.23. The summed E-state index contributed by atoms with van der Waals surface area (Å²) in [6.45, 7) is 7.59. The average molecular weight is 238 g/mol. The minimum absolute atomic E-state index is 0.596. The van der Waals surface area contributed by atoms with Gasteiger partial charge < -0.3 is 9.88 Å². The van der Waals surface area contributed by atoms with E-state index in [-0.39, 0.29) is 0 Å². The third-order valence-corrected chi connectivity index (χ3v) is 3.02. The fraction of sp³-hybridized carbons (Fsp3) is 0.769. The van der Waals surface area contributed by atoms with Crippen LogP contribution in [0.5, 0.6) is 0 Å². The van der Waals surface area contributed by atoms with Gasteiger partial charge in [0.05, 0.1) is 6.54 Å². The average Bonchev–Trinajstić information content (AvgIpc) is 2.69. The summed E-state index contributed by atoms with van der Waals surface area (Å²) in [5.74, 6) is 1.13. The van der Waals surface area contributed by atoms with Gasteiger partial charge in [-0.1, -0.05) is 6.92 Å². The number of aromatic nitrogens is 2. The zero-order valence-electron chi connectivity index (χ0n) is 11.6. The molecule has 1 unspecified atom stereocenters. The van der Waals surface area contributed by atoms with Crippen molar-refractivity contribution in [1.29, 1.82) is 0 Å². The Morgan fingerprint density at radius 3 is 2.88 bits per heavy atom. The van der Waals surface area contributed by atoms with Crippen LogP contribution in [0.1, 0.15) is 32.5 Å². The highest BCUT2D eigenvalue weighted by Crippen LogP contribution is 2.01. The smallest absolute Gasteiger partial charge is 0.122 e. The molecule has 4 nitrogen and oxygen atoms in total. The highest BCUT2D eigenvalue weighted by atomic mass is 15.1. The summed E-state index contributed by atoms with van der Waals surface area (Å²) in [6, 6.07) is 0.596. The summed E-state index contributed by atoms with van der Waals surface area (Å²) < 4.78 is 2.08. The topological polar surface area (TPSA) is 33.1 Å². The normalized spacial score (nSPS) is 13.2. The van der Waals surface area contributed by atoms with Crippen LogP contribution in [0.25, 0.3) is 0 Å². The lowest BCUT2D eigenvalue weighted by atomic mass is 10.2. The van der Waals surface area contributed by atoms with Gasteiger partial charge in [0, 0.05) is 25.5 Å². The van der Waals surface area contributed by atoms with E-state index in [1.165, 1.54) is 12.8 Å². The van der Waals surface area contributed by atoms with Gasteiger partial charge in [-0.15, -0.1) is 0 Å². The lowest BCUT2D eigenvalue weighted by Crippen LogP contribution is -2.31. The fourth-order valence-corrected chi connectivity index (χ4v) is 1.78. The van der Waals surface area contributed by atoms with Gasteiger partial charge in [0.2, 0.25) is 0 Å². The molecule has 98 valence electrons. The third kappa shape index (κ3) is 5.33. The molecule has 1 rings (SSSR count). The minimum Gasteiger partial charge on any atom is -0.337 e. The Balaban J connectivity index is 2.21. The van der Waals surface area contributed by atoms with Crippen molar-refractivity contribution in [2.75, 3.05) is 20.1 Å². The molecule has 0 aromatic carbocycles. The first-order valence-electron chi connectivity index (χ1n) is 6.51. The van der Waals surface area contributed by atoms with E-state index in [0.717, 1.165) is 25.5 Å². The molecule has 4 heteroatoms. The number of nitrogens with zero attached hydrogens (tertiary/aromatic N) is 3. The number of imidazole rings is 1. The lowest BCUT2D eigenvalue weighted by molar-refractivity contribution is 0.294. The number of hydrogen-bond acceptors (Lipinski definition) is 3. The summed E-state index contributed by atoms with van der Waals surface area (Å²) in [7, 11) is 4.20. The van der Waals surface area contributed by atoms with Gasteiger partial charge in [0.1, 0.15) is 5.82 Å². The van der Waals surface area contributed by atoms with Crippen molar-refractivity contribution in [2.45, 2.75) is 39.3 Å². The molecule has 1 heterocycles. The Morgan fingerprint density at radius 2 is 2.29 bits per heavy atom. The predicted molar refractivity (Wildman–Crippen MR) is 71.9 cm³/mol. The quantitative estimate of drug-likeness (QED) is 0.747. The van der Waals surface area contributed by atoms with Gasteiger partial charge in [-0.25, -0.2) is 4.98 Å². The summed E-state index contributed by atoms with van der Waals surface area (Å²) >= 11 is 0. The Kier molecular flexibility index (Phi) is 6.22. The zero-order chi connectivity index (χ0) is 12.7. The highest BCUT2D eigenvalue weighted by molar-refractivity contribution is 4.90. The van der Waals surface area contributed by atoms with Crippen LogP contribution in [0.3, 0.4) is 0 Å². The molecule has 1 aromatic heterocycles. The number of rotatable bonds is 8. The third-order valence-electron chi connectivity index (χ3n) is 3.02. The Labute approximate surface area is 105 Å². The minimum atomic E-state index is 0.596. The van der Waals surface area contributed by atoms with Crippen LogP contribution in [-0.4, -0.2) is 40.6 Å². The van der Waals surface area contributed by atoms with Crippen molar-refractivity contribution in [3.05, 3.63) is 18.2 Å². The van der Waals surface area contributed by atoms with Crippen molar-refractivity contribution in [3.8, 4) is 0 Å². The van der Waals surface area contributed by atoms with Crippen molar-refractivity contribution < 1.29 is 0 Å². The molecular weight excluding hydrogens is 212 g/mol. The molecule has 0 radical (unpaired) electrons. The van der Waals surface area contributed by atoms with Gasteiger partial charge in [-0.3, -0.25) is 4.90 Å². The number of nitrogens with one attached hydrogen (secondary N) is 1. The zero-order valence-corrected chi connectivity index (χ0v) is 11.6. The maximum atomic E-state index is 4.34. The van der Waals surface area contributed by atoms with Gasteiger partial charge in [-0.2, -0.15) is 0 Å². The molecule has 1 atom stereocenters. The van der Waals surface area contributed by atoms with Crippen LogP contribution in [0.2, 0.25) is 0 Å². The van der Waals surface area contributed by atoms with E-state index in [1.54, 1.807) is 0 Å². The van der Waals surface area contributed by atoms with Gasteiger partial charge >= 0.3 is 0 Å². The highest BCUT2D eigenvalue weighted by Gasteiger charge is 2.06. The number of aryl methyl sites for hydroxylation is 1. The van der Waals surface area contributed by atoms with E-state index in [0.29, 0.717) is 6.04 Å². The fourth-order valence-electron chi connectivity index (χ4n) is 1.78. The van der Waals surface area contributed by atoms with E-state index >= 15 is 0 Å². The molecule has 0 aliphatic rings. The van der Waals surface area contributed by atoms with Crippen molar-refractivity contribution in [3.63, 3.8) is 0 Å². The monoisotopic (exact) mass is 238 g/mol. The van der Waals surface area contributed by atoms with E-state index in [4.69, 9.17) is 0 Å². The van der Waals surface area contributed by atoms with Crippen molar-refractivity contribution in [1.82, 2.24) is 19.8 Å². The second-order valence-electron chi connectivity index (χ2n) is 4.84. The molecular formula is C13H26N4. The molecule has 0 saturated heterocycles. The predicted octanol–water partition coefficient (Wildman–Crippen LogP) is 1.63. The van der Waals surface area contributed by atoms with E-state index in [9.17, 15) is 0 Å². The van der Waals surface area contributed by atoms with E-state index in [2.05, 4.69) is 40.7 Å². The molecule has 1 N–H and O–H groups in total. The first-order chi connectivity index (χ1) is 8.13. The maximum Gasteiger partial charge on any atom is 0.122 e. The lowest BCUT2D eigenvalue weighted by Gasteiger charge is -2.19. The van der Waals surface area contributed by atoms with Crippen LogP contribution in [-0.2, 0) is 13.6 Å². The molecule has 0 bridgehead atoms. The first kappa shape index (κ1) is 14.2. The standard InChI is InChI=1S/C13H26N4/c1-5-7-14-12(2)6-9-16(3)11-13-15-8-10-17(13)4/h8,10,12,14H,5-7,9,11H2,1-4H3. The second kappa shape index (κ2) is 7.45. The molecule has 17 heavy (non-hydrogen) atoms. The van der Waals surface area contributed by atoms with Gasteiger partial charge in [-0.05, 0) is 39.9 Å². The molecule has 0 saturated carbocycles. The first-order valence-corrected chi connectivity index (χ1v) is 6.51. The van der Waals surface area contributed by atoms with Crippen LogP contribution in [0, 0.1) is 0 Å². The van der Waals surface area contributed by atoms with Crippen LogP contribution in [0.15, 0.2) is 12.4 Å². The van der Waals surface area contributed by atoms with Crippen molar-refractivity contribution >= 4 is 0 Å². The molecule has 0 aliphatic carbocycles. The number of hydrogen-bond donors (Lipinski definition) is 1. The van der Waals surface area contributed by atoms with E-state index < -0.39 is 0 Å². The summed E-state index contributed by atoms with van der Waals surface area (Å²) in [4.78, 5) is 6.66. The van der Waals surface area contributed by atoms with E-state index in [1.807, 2.05) is 19.4 Å². The maximum absolute atomic E-state index is 4.34. The molecule has 0 aliphatic heterocycles. The summed E-state index contributed by atoms with van der Waals surface area (Å²) in [5.41, 5.74) is 0. The molecule has 1 aromatic rings.